The minimum Gasteiger partial charge on any atom is -0.507 e. The molecule has 0 amide bonds. The van der Waals surface area contributed by atoms with E-state index in [2.05, 4.69) is 4.98 Å². The number of hydrogen-bond donors (Lipinski definition) is 2. The molecule has 3 N–H and O–H groups in total. The van der Waals surface area contributed by atoms with Crippen LogP contribution in [-0.2, 0) is 0 Å². The van der Waals surface area contributed by atoms with E-state index in [0.29, 0.717) is 11.4 Å². The number of rotatable bonds is 1. The first-order chi connectivity index (χ1) is 7.18. The molecule has 0 spiro atoms. The van der Waals surface area contributed by atoms with Gasteiger partial charge in [-0.15, -0.1) is 0 Å². The minimum absolute atomic E-state index is 0.160. The lowest BCUT2D eigenvalue weighted by atomic mass is 10.0. The molecule has 15 heavy (non-hydrogen) atoms. The van der Waals surface area contributed by atoms with Gasteiger partial charge in [-0.05, 0) is 18.6 Å². The van der Waals surface area contributed by atoms with Gasteiger partial charge in [-0.1, -0.05) is 29.8 Å². The number of nitrogens with zero attached hydrogens (tertiary/aromatic N) is 1. The molecule has 1 aromatic heterocycles. The van der Waals surface area contributed by atoms with Crippen molar-refractivity contribution < 1.29 is 5.11 Å². The highest BCUT2D eigenvalue weighted by atomic mass is 16.3. The summed E-state index contributed by atoms with van der Waals surface area (Å²) in [7, 11) is 0. The van der Waals surface area contributed by atoms with Crippen LogP contribution in [0.5, 0.6) is 5.75 Å². The molecule has 0 saturated carbocycles. The van der Waals surface area contributed by atoms with Gasteiger partial charge < -0.3 is 10.8 Å². The number of aryl methyl sites for hydroxylation is 1. The van der Waals surface area contributed by atoms with Crippen LogP contribution in [0.3, 0.4) is 0 Å². The predicted octanol–water partition coefficient (Wildman–Crippen LogP) is 2.34. The molecule has 0 bridgehead atoms. The molecule has 0 atom stereocenters. The van der Waals surface area contributed by atoms with Crippen molar-refractivity contribution in [2.75, 3.05) is 5.73 Å². The second-order valence-electron chi connectivity index (χ2n) is 3.46. The van der Waals surface area contributed by atoms with Crippen LogP contribution < -0.4 is 5.73 Å². The molecule has 0 aliphatic rings. The van der Waals surface area contributed by atoms with Crippen molar-refractivity contribution in [3.05, 3.63) is 42.1 Å². The van der Waals surface area contributed by atoms with Crippen molar-refractivity contribution in [3.63, 3.8) is 0 Å². The Morgan fingerprint density at radius 3 is 2.73 bits per heavy atom. The molecule has 1 heterocycles. The number of hydrogen-bond acceptors (Lipinski definition) is 3. The summed E-state index contributed by atoms with van der Waals surface area (Å²) in [6.45, 7) is 1.99. The van der Waals surface area contributed by atoms with Gasteiger partial charge in [0.05, 0.1) is 5.56 Å². The highest BCUT2D eigenvalue weighted by molar-refractivity contribution is 5.79. The van der Waals surface area contributed by atoms with Crippen LogP contribution in [0, 0.1) is 6.92 Å². The topological polar surface area (TPSA) is 59.1 Å². The fraction of sp³-hybridized carbons (Fsp3) is 0.0833. The zero-order valence-corrected chi connectivity index (χ0v) is 8.44. The van der Waals surface area contributed by atoms with E-state index in [1.54, 1.807) is 0 Å². The molecule has 0 fully saturated rings. The number of nitrogen functional groups attached to an aromatic ring is 1. The zero-order chi connectivity index (χ0) is 10.8. The Bertz CT molecular complexity index is 474. The van der Waals surface area contributed by atoms with E-state index in [1.165, 1.54) is 12.3 Å². The number of aromatic nitrogens is 1. The smallest absolute Gasteiger partial charge is 0.134 e. The number of benzene rings is 1. The molecule has 0 aliphatic heterocycles. The lowest BCUT2D eigenvalue weighted by Gasteiger charge is -2.07. The van der Waals surface area contributed by atoms with E-state index in [-0.39, 0.29) is 5.75 Å². The highest BCUT2D eigenvalue weighted by Gasteiger charge is 2.08. The van der Waals surface area contributed by atoms with Crippen LogP contribution in [0.2, 0.25) is 0 Å². The van der Waals surface area contributed by atoms with E-state index in [1.807, 2.05) is 31.2 Å². The maximum absolute atomic E-state index is 9.72. The molecule has 3 nitrogen and oxygen atoms in total. The van der Waals surface area contributed by atoms with Crippen molar-refractivity contribution in [1.29, 1.82) is 0 Å². The summed E-state index contributed by atoms with van der Waals surface area (Å²) >= 11 is 0. The van der Waals surface area contributed by atoms with Gasteiger partial charge in [-0.2, -0.15) is 0 Å². The van der Waals surface area contributed by atoms with Crippen molar-refractivity contribution >= 4 is 5.82 Å². The standard InChI is InChI=1S/C12H12N2O/c1-8-3-2-4-9(7-8)11-10(15)5-6-14-12(11)13/h2-7H,1H3,(H3,13,14,15). The van der Waals surface area contributed by atoms with Crippen molar-refractivity contribution in [3.8, 4) is 16.9 Å². The van der Waals surface area contributed by atoms with Gasteiger partial charge >= 0.3 is 0 Å². The lowest BCUT2D eigenvalue weighted by molar-refractivity contribution is 0.477. The van der Waals surface area contributed by atoms with Crippen LogP contribution in [-0.4, -0.2) is 10.1 Å². The monoisotopic (exact) mass is 200 g/mol. The van der Waals surface area contributed by atoms with Crippen LogP contribution in [0.4, 0.5) is 5.82 Å². The molecular weight excluding hydrogens is 188 g/mol. The third kappa shape index (κ3) is 1.76. The molecular formula is C12H12N2O. The number of pyridine rings is 1. The lowest BCUT2D eigenvalue weighted by Crippen LogP contribution is -1.93. The fourth-order valence-corrected chi connectivity index (χ4v) is 1.56. The predicted molar refractivity (Wildman–Crippen MR) is 60.5 cm³/mol. The van der Waals surface area contributed by atoms with Gasteiger partial charge in [0, 0.05) is 6.20 Å². The third-order valence-corrected chi connectivity index (χ3v) is 2.27. The van der Waals surface area contributed by atoms with Crippen molar-refractivity contribution in [2.45, 2.75) is 6.92 Å². The van der Waals surface area contributed by atoms with Gasteiger partial charge in [-0.3, -0.25) is 0 Å². The molecule has 3 heteroatoms. The van der Waals surface area contributed by atoms with Gasteiger partial charge in [0.1, 0.15) is 11.6 Å². The summed E-state index contributed by atoms with van der Waals surface area (Å²) in [4.78, 5) is 3.96. The Hall–Kier alpha value is -2.03. The van der Waals surface area contributed by atoms with E-state index in [9.17, 15) is 5.11 Å². The second-order valence-corrected chi connectivity index (χ2v) is 3.46. The molecule has 1 aromatic carbocycles. The molecule has 0 aliphatic carbocycles. The fourth-order valence-electron chi connectivity index (χ4n) is 1.56. The quantitative estimate of drug-likeness (QED) is 0.742. The Kier molecular flexibility index (Phi) is 2.29. The van der Waals surface area contributed by atoms with Gasteiger partial charge in [-0.25, -0.2) is 4.98 Å². The third-order valence-electron chi connectivity index (χ3n) is 2.27. The van der Waals surface area contributed by atoms with Crippen LogP contribution in [0.1, 0.15) is 5.56 Å². The van der Waals surface area contributed by atoms with Gasteiger partial charge in [0.15, 0.2) is 0 Å². The maximum Gasteiger partial charge on any atom is 0.134 e. The molecule has 0 unspecified atom stereocenters. The number of anilines is 1. The van der Waals surface area contributed by atoms with Crippen molar-refractivity contribution in [2.24, 2.45) is 0 Å². The molecule has 2 aromatic rings. The van der Waals surface area contributed by atoms with Crippen LogP contribution in [0.25, 0.3) is 11.1 Å². The summed E-state index contributed by atoms with van der Waals surface area (Å²) in [6, 6.07) is 9.32. The Labute approximate surface area is 88.2 Å². The van der Waals surface area contributed by atoms with E-state index < -0.39 is 0 Å². The second kappa shape index (κ2) is 3.61. The number of aromatic hydroxyl groups is 1. The highest BCUT2D eigenvalue weighted by Crippen LogP contribution is 2.32. The molecule has 2 rings (SSSR count). The van der Waals surface area contributed by atoms with E-state index >= 15 is 0 Å². The van der Waals surface area contributed by atoms with Gasteiger partial charge in [0.25, 0.3) is 0 Å². The Balaban J connectivity index is 2.63. The number of nitrogens with two attached hydrogens (primary N) is 1. The normalized spacial score (nSPS) is 10.2. The summed E-state index contributed by atoms with van der Waals surface area (Å²) in [5, 5.41) is 9.72. The molecule has 0 radical (unpaired) electrons. The molecule has 76 valence electrons. The van der Waals surface area contributed by atoms with E-state index in [0.717, 1.165) is 11.1 Å². The Morgan fingerprint density at radius 1 is 1.27 bits per heavy atom. The maximum atomic E-state index is 9.72. The minimum atomic E-state index is 0.160. The summed E-state index contributed by atoms with van der Waals surface area (Å²) in [6.07, 6.45) is 1.49. The first kappa shape index (κ1) is 9.52. The average Bonchev–Trinajstić information content (AvgIpc) is 2.17. The van der Waals surface area contributed by atoms with E-state index in [4.69, 9.17) is 5.73 Å². The van der Waals surface area contributed by atoms with Gasteiger partial charge in [0.2, 0.25) is 0 Å². The summed E-state index contributed by atoms with van der Waals surface area (Å²) in [5.41, 5.74) is 8.34. The zero-order valence-electron chi connectivity index (χ0n) is 8.44. The first-order valence-electron chi connectivity index (χ1n) is 4.69. The SMILES string of the molecule is Cc1cccc(-c2c(O)ccnc2N)c1. The van der Waals surface area contributed by atoms with Crippen molar-refractivity contribution in [1.82, 2.24) is 4.98 Å². The average molecular weight is 200 g/mol. The summed E-state index contributed by atoms with van der Waals surface area (Å²) in [5.74, 6) is 0.508. The summed E-state index contributed by atoms with van der Waals surface area (Å²) < 4.78 is 0. The molecule has 0 saturated heterocycles. The van der Waals surface area contributed by atoms with Crippen LogP contribution in [0.15, 0.2) is 36.5 Å². The Morgan fingerprint density at radius 2 is 2.07 bits per heavy atom. The first-order valence-corrected chi connectivity index (χ1v) is 4.69. The largest absolute Gasteiger partial charge is 0.507 e. The van der Waals surface area contributed by atoms with Crippen LogP contribution >= 0.6 is 0 Å².